The van der Waals surface area contributed by atoms with Gasteiger partial charge in [0.25, 0.3) is 0 Å². The fraction of sp³-hybridized carbons (Fsp3) is 0.400. The van der Waals surface area contributed by atoms with Gasteiger partial charge in [0, 0.05) is 20.8 Å². The molecule has 0 bridgehead atoms. The first-order valence-corrected chi connectivity index (χ1v) is 6.17. The summed E-state index contributed by atoms with van der Waals surface area (Å²) in [7, 11) is 0. The highest BCUT2D eigenvalue weighted by atomic mass is 127. The number of alkyl halides is 3. The third-order valence-electron chi connectivity index (χ3n) is 1.76. The highest BCUT2D eigenvalue weighted by Gasteiger charge is 2.27. The molecule has 0 heterocycles. The molecule has 17 heavy (non-hydrogen) atoms. The second-order valence-electron chi connectivity index (χ2n) is 3.22. The Bertz CT molecular complexity index is 373. The molecule has 1 rings (SSSR count). The predicted molar refractivity (Wildman–Crippen MR) is 69.5 cm³/mol. The van der Waals surface area contributed by atoms with Crippen LogP contribution in [0.15, 0.2) is 18.2 Å². The van der Waals surface area contributed by atoms with Crippen LogP contribution in [0.4, 0.5) is 18.9 Å². The lowest BCUT2D eigenvalue weighted by Crippen LogP contribution is -2.20. The molecule has 0 aromatic heterocycles. The number of hydrogen-bond donors (Lipinski definition) is 1. The van der Waals surface area contributed by atoms with Crippen molar-refractivity contribution in [1.29, 1.82) is 0 Å². The van der Waals surface area contributed by atoms with E-state index in [2.05, 4.69) is 32.6 Å². The smallest absolute Gasteiger partial charge is 0.382 e. The zero-order chi connectivity index (χ0) is 12.9. The van der Waals surface area contributed by atoms with Crippen LogP contribution in [0.1, 0.15) is 0 Å². The van der Waals surface area contributed by atoms with Crippen LogP contribution >= 0.6 is 34.2 Å². The van der Waals surface area contributed by atoms with Gasteiger partial charge < -0.3 is 10.1 Å². The summed E-state index contributed by atoms with van der Waals surface area (Å²) < 4.78 is 40.6. The summed E-state index contributed by atoms with van der Waals surface area (Å²) in [5, 5.41) is 3.59. The number of hydrogen-bond acceptors (Lipinski definition) is 2. The van der Waals surface area contributed by atoms with E-state index >= 15 is 0 Å². The minimum atomic E-state index is -4.27. The molecule has 0 atom stereocenters. The topological polar surface area (TPSA) is 21.3 Å². The second-order valence-corrected chi connectivity index (χ2v) is 4.82. The van der Waals surface area contributed by atoms with Gasteiger partial charge in [0.1, 0.15) is 6.61 Å². The average molecular weight is 380 g/mol. The molecule has 1 aromatic carbocycles. The normalized spacial score (nSPS) is 11.6. The van der Waals surface area contributed by atoms with Crippen LogP contribution < -0.4 is 5.32 Å². The van der Waals surface area contributed by atoms with Gasteiger partial charge in [-0.2, -0.15) is 13.2 Å². The third kappa shape index (κ3) is 6.32. The van der Waals surface area contributed by atoms with Crippen molar-refractivity contribution in [3.8, 4) is 0 Å². The summed E-state index contributed by atoms with van der Waals surface area (Å²) in [4.78, 5) is 0. The molecule has 2 nitrogen and oxygen atoms in total. The molecule has 1 N–H and O–H groups in total. The lowest BCUT2D eigenvalue weighted by Gasteiger charge is -2.10. The molecule has 0 unspecified atom stereocenters. The third-order valence-corrected chi connectivity index (χ3v) is 2.89. The van der Waals surface area contributed by atoms with Gasteiger partial charge in [0.05, 0.1) is 6.61 Å². The Labute approximate surface area is 116 Å². The van der Waals surface area contributed by atoms with Crippen molar-refractivity contribution >= 4 is 39.9 Å². The number of halogens is 5. The molecule has 0 spiro atoms. The molecule has 0 saturated carbocycles. The van der Waals surface area contributed by atoms with Crippen LogP contribution in [-0.4, -0.2) is 25.9 Å². The van der Waals surface area contributed by atoms with Crippen LogP contribution in [0.5, 0.6) is 0 Å². The largest absolute Gasteiger partial charge is 0.411 e. The Balaban J connectivity index is 2.27. The Morgan fingerprint density at radius 2 is 2.06 bits per heavy atom. The predicted octanol–water partition coefficient (Wildman–Crippen LogP) is 3.94. The summed E-state index contributed by atoms with van der Waals surface area (Å²) in [6, 6.07) is 5.25. The summed E-state index contributed by atoms with van der Waals surface area (Å²) >= 11 is 7.86. The van der Waals surface area contributed by atoms with E-state index in [-0.39, 0.29) is 6.61 Å². The van der Waals surface area contributed by atoms with E-state index in [1.165, 1.54) is 0 Å². The molecule has 0 aliphatic carbocycles. The Morgan fingerprint density at radius 1 is 1.35 bits per heavy atom. The molecule has 96 valence electrons. The number of benzene rings is 1. The molecule has 7 heteroatoms. The van der Waals surface area contributed by atoms with Crippen molar-refractivity contribution < 1.29 is 17.9 Å². The van der Waals surface area contributed by atoms with E-state index < -0.39 is 12.8 Å². The van der Waals surface area contributed by atoms with Gasteiger partial charge >= 0.3 is 6.18 Å². The molecule has 0 amide bonds. The highest BCUT2D eigenvalue weighted by molar-refractivity contribution is 14.1. The zero-order valence-corrected chi connectivity index (χ0v) is 11.6. The van der Waals surface area contributed by atoms with Gasteiger partial charge in [0.15, 0.2) is 0 Å². The van der Waals surface area contributed by atoms with Crippen molar-refractivity contribution in [3.63, 3.8) is 0 Å². The van der Waals surface area contributed by atoms with Crippen LogP contribution in [0.25, 0.3) is 0 Å². The fourth-order valence-electron chi connectivity index (χ4n) is 1.08. The maximum Gasteiger partial charge on any atom is 0.411 e. The van der Waals surface area contributed by atoms with E-state index in [1.807, 2.05) is 0 Å². The maximum absolute atomic E-state index is 11.8. The van der Waals surface area contributed by atoms with Gasteiger partial charge in [-0.25, -0.2) is 0 Å². The number of anilines is 1. The minimum Gasteiger partial charge on any atom is -0.382 e. The molecule has 0 fully saturated rings. The molecule has 0 aliphatic heterocycles. The van der Waals surface area contributed by atoms with Crippen LogP contribution in [0.2, 0.25) is 5.02 Å². The van der Waals surface area contributed by atoms with Crippen molar-refractivity contribution in [2.75, 3.05) is 25.1 Å². The first kappa shape index (κ1) is 14.8. The van der Waals surface area contributed by atoms with Crippen molar-refractivity contribution in [2.24, 2.45) is 0 Å². The lowest BCUT2D eigenvalue weighted by atomic mass is 10.3. The van der Waals surface area contributed by atoms with Gasteiger partial charge in [-0.1, -0.05) is 11.6 Å². The van der Waals surface area contributed by atoms with Crippen molar-refractivity contribution in [2.45, 2.75) is 6.18 Å². The number of nitrogens with one attached hydrogen (secondary N) is 1. The second kappa shape index (κ2) is 6.65. The average Bonchev–Trinajstić information content (AvgIpc) is 2.18. The molecular formula is C10H10ClF3INO. The standard InChI is InChI=1S/C10H10ClF3INO/c11-7-1-2-9(8(15)5-7)16-3-4-17-6-10(12,13)14/h1-2,5,16H,3-4,6H2. The molecule has 0 saturated heterocycles. The van der Waals surface area contributed by atoms with E-state index in [9.17, 15) is 13.2 Å². The lowest BCUT2D eigenvalue weighted by molar-refractivity contribution is -0.172. The Hall–Kier alpha value is -0.210. The van der Waals surface area contributed by atoms with Crippen molar-refractivity contribution in [1.82, 2.24) is 0 Å². The highest BCUT2D eigenvalue weighted by Crippen LogP contribution is 2.22. The van der Waals surface area contributed by atoms with Crippen LogP contribution in [0, 0.1) is 3.57 Å². The SMILES string of the molecule is FC(F)(F)COCCNc1ccc(Cl)cc1I. The van der Waals surface area contributed by atoms with Gasteiger partial charge in [-0.05, 0) is 40.8 Å². The van der Waals surface area contributed by atoms with Gasteiger partial charge in [-0.15, -0.1) is 0 Å². The Morgan fingerprint density at radius 3 is 2.65 bits per heavy atom. The quantitative estimate of drug-likeness (QED) is 0.618. The van der Waals surface area contributed by atoms with E-state index in [0.29, 0.717) is 11.6 Å². The fourth-order valence-corrected chi connectivity index (χ4v) is 2.14. The number of rotatable bonds is 5. The van der Waals surface area contributed by atoms with Crippen LogP contribution in [-0.2, 0) is 4.74 Å². The maximum atomic E-state index is 11.8. The molecule has 0 aliphatic rings. The summed E-state index contributed by atoms with van der Waals surface area (Å²) in [6.45, 7) is -0.904. The van der Waals surface area contributed by atoms with Gasteiger partial charge in [0.2, 0.25) is 0 Å². The summed E-state index contributed by atoms with van der Waals surface area (Å²) in [5.74, 6) is 0. The van der Waals surface area contributed by atoms with E-state index in [1.54, 1.807) is 18.2 Å². The molecular weight excluding hydrogens is 369 g/mol. The van der Waals surface area contributed by atoms with E-state index in [4.69, 9.17) is 11.6 Å². The Kier molecular flexibility index (Phi) is 5.81. The number of ether oxygens (including phenoxy) is 1. The van der Waals surface area contributed by atoms with Crippen LogP contribution in [0.3, 0.4) is 0 Å². The first-order chi connectivity index (χ1) is 7.88. The zero-order valence-electron chi connectivity index (χ0n) is 8.65. The summed E-state index contributed by atoms with van der Waals surface area (Å²) in [6.07, 6.45) is -4.27. The molecule has 1 aromatic rings. The van der Waals surface area contributed by atoms with Gasteiger partial charge in [-0.3, -0.25) is 0 Å². The monoisotopic (exact) mass is 379 g/mol. The minimum absolute atomic E-state index is 0.00177. The van der Waals surface area contributed by atoms with Crippen molar-refractivity contribution in [3.05, 3.63) is 26.8 Å². The van der Waals surface area contributed by atoms with E-state index in [0.717, 1.165) is 9.26 Å². The molecule has 0 radical (unpaired) electrons. The summed E-state index contributed by atoms with van der Waals surface area (Å²) in [5.41, 5.74) is 0.825. The first-order valence-electron chi connectivity index (χ1n) is 4.72.